The first-order valence-electron chi connectivity index (χ1n) is 9.63. The molecule has 2 aromatic rings. The molecule has 1 aromatic carbocycles. The second-order valence-corrected chi connectivity index (χ2v) is 10.00. The Bertz CT molecular complexity index is 952. The first-order chi connectivity index (χ1) is 14.4. The first-order valence-corrected chi connectivity index (χ1v) is 12.9. The molecule has 2 heterocycles. The predicted octanol–water partition coefficient (Wildman–Crippen LogP) is 2.48. The molecule has 3 rings (SSSR count). The minimum atomic E-state index is -3.78. The fourth-order valence-corrected chi connectivity index (χ4v) is 5.25. The van der Waals surface area contributed by atoms with Crippen LogP contribution in [0, 0.1) is 0 Å². The highest BCUT2D eigenvalue weighted by molar-refractivity contribution is 7.98. The van der Waals surface area contributed by atoms with Crippen LogP contribution in [0.5, 0.6) is 0 Å². The highest BCUT2D eigenvalue weighted by atomic mass is 35.5. The Morgan fingerprint density at radius 2 is 1.87 bits per heavy atom. The Morgan fingerprint density at radius 3 is 2.50 bits per heavy atom. The van der Waals surface area contributed by atoms with E-state index in [1.165, 1.54) is 12.1 Å². The normalized spacial score (nSPS) is 15.8. The summed E-state index contributed by atoms with van der Waals surface area (Å²) in [7, 11) is -3.78. The van der Waals surface area contributed by atoms with Gasteiger partial charge in [-0.15, -0.1) is 0 Å². The summed E-state index contributed by atoms with van der Waals surface area (Å²) < 4.78 is 28.1. The fraction of sp³-hybridized carbons (Fsp3) is 0.400. The molecule has 10 heteroatoms. The lowest BCUT2D eigenvalue weighted by Gasteiger charge is -2.37. The van der Waals surface area contributed by atoms with Gasteiger partial charge in [0, 0.05) is 32.4 Å². The van der Waals surface area contributed by atoms with Gasteiger partial charge in [0.25, 0.3) is 0 Å². The number of rotatable bonds is 8. The summed E-state index contributed by atoms with van der Waals surface area (Å²) in [4.78, 5) is 21.4. The van der Waals surface area contributed by atoms with E-state index in [1.54, 1.807) is 53.2 Å². The summed E-state index contributed by atoms with van der Waals surface area (Å²) in [6.07, 6.45) is 4.05. The quantitative estimate of drug-likeness (QED) is 0.641. The summed E-state index contributed by atoms with van der Waals surface area (Å²) in [5.74, 6) is 1.18. The van der Waals surface area contributed by atoms with Gasteiger partial charge in [-0.25, -0.2) is 13.4 Å². The third-order valence-electron chi connectivity index (χ3n) is 4.89. The van der Waals surface area contributed by atoms with Crippen molar-refractivity contribution in [2.75, 3.05) is 43.1 Å². The van der Waals surface area contributed by atoms with Crippen molar-refractivity contribution in [2.24, 2.45) is 0 Å². The molecule has 1 N–H and O–H groups in total. The van der Waals surface area contributed by atoms with Crippen LogP contribution >= 0.6 is 23.4 Å². The predicted molar refractivity (Wildman–Crippen MR) is 122 cm³/mol. The topological polar surface area (TPSA) is 82.6 Å². The Labute approximate surface area is 186 Å². The molecular weight excluding hydrogens is 444 g/mol. The summed E-state index contributed by atoms with van der Waals surface area (Å²) in [5, 5.41) is 0.575. The lowest BCUT2D eigenvalue weighted by Crippen LogP contribution is -2.55. The van der Waals surface area contributed by atoms with Crippen molar-refractivity contribution >= 4 is 45.1 Å². The van der Waals surface area contributed by atoms with Gasteiger partial charge < -0.3 is 9.80 Å². The molecule has 0 bridgehead atoms. The third-order valence-corrected chi connectivity index (χ3v) is 7.32. The molecule has 1 amide bonds. The Morgan fingerprint density at radius 1 is 1.17 bits per heavy atom. The van der Waals surface area contributed by atoms with Gasteiger partial charge in [-0.05, 0) is 42.7 Å². The van der Waals surface area contributed by atoms with Crippen molar-refractivity contribution < 1.29 is 13.2 Å². The van der Waals surface area contributed by atoms with E-state index < -0.39 is 16.1 Å². The largest absolute Gasteiger partial charge is 0.352 e. The number of nitrogens with one attached hydrogen (secondary N) is 1. The Kier molecular flexibility index (Phi) is 7.99. The van der Waals surface area contributed by atoms with E-state index in [2.05, 4.69) is 9.71 Å². The van der Waals surface area contributed by atoms with Gasteiger partial charge in [-0.3, -0.25) is 4.79 Å². The lowest BCUT2D eigenvalue weighted by atomic mass is 10.2. The van der Waals surface area contributed by atoms with Gasteiger partial charge in [0.05, 0.1) is 9.92 Å². The second-order valence-electron chi connectivity index (χ2n) is 6.89. The van der Waals surface area contributed by atoms with Crippen LogP contribution < -0.4 is 9.62 Å². The number of carbonyl (C=O) groups is 1. The van der Waals surface area contributed by atoms with Crippen molar-refractivity contribution in [1.29, 1.82) is 0 Å². The smallest absolute Gasteiger partial charge is 0.241 e. The molecule has 30 heavy (non-hydrogen) atoms. The van der Waals surface area contributed by atoms with E-state index in [9.17, 15) is 13.2 Å². The van der Waals surface area contributed by atoms with Crippen LogP contribution in [0.1, 0.15) is 6.42 Å². The SMILES string of the molecule is CSCCC(NS(=O)(=O)c1ccccc1)C(=O)N1CCN(c2ncccc2Cl)CC1. The van der Waals surface area contributed by atoms with Crippen molar-refractivity contribution in [2.45, 2.75) is 17.4 Å². The number of benzene rings is 1. The Balaban J connectivity index is 1.68. The van der Waals surface area contributed by atoms with Crippen molar-refractivity contribution in [1.82, 2.24) is 14.6 Å². The number of hydrogen-bond acceptors (Lipinski definition) is 6. The number of halogens is 1. The van der Waals surface area contributed by atoms with Gasteiger partial charge in [0.1, 0.15) is 11.9 Å². The summed E-state index contributed by atoms with van der Waals surface area (Å²) in [6.45, 7) is 2.13. The van der Waals surface area contributed by atoms with E-state index in [4.69, 9.17) is 11.6 Å². The van der Waals surface area contributed by atoms with Crippen LogP contribution in [0.15, 0.2) is 53.6 Å². The van der Waals surface area contributed by atoms with Crippen LogP contribution in [-0.4, -0.2) is 68.4 Å². The number of pyridine rings is 1. The molecule has 7 nitrogen and oxygen atoms in total. The number of amides is 1. The molecule has 1 aliphatic heterocycles. The highest BCUT2D eigenvalue weighted by Gasteiger charge is 2.31. The van der Waals surface area contributed by atoms with Crippen LogP contribution in [0.4, 0.5) is 5.82 Å². The molecule has 0 saturated carbocycles. The molecule has 0 radical (unpaired) electrons. The molecule has 1 atom stereocenters. The molecule has 0 aliphatic carbocycles. The standard InChI is InChI=1S/C20H25ClN4O3S2/c1-29-15-9-18(23-30(27,28)16-6-3-2-4-7-16)20(26)25-13-11-24(12-14-25)19-17(21)8-5-10-22-19/h2-8,10,18,23H,9,11-15H2,1H3. The third kappa shape index (κ3) is 5.66. The van der Waals surface area contributed by atoms with Gasteiger partial charge in [0.15, 0.2) is 0 Å². The molecule has 1 aromatic heterocycles. The number of anilines is 1. The maximum absolute atomic E-state index is 13.2. The van der Waals surface area contributed by atoms with Crippen molar-refractivity contribution in [3.05, 3.63) is 53.7 Å². The fourth-order valence-electron chi connectivity index (χ4n) is 3.29. The van der Waals surface area contributed by atoms with Gasteiger partial charge in [-0.2, -0.15) is 16.5 Å². The number of thioether (sulfide) groups is 1. The summed E-state index contributed by atoms with van der Waals surface area (Å²) >= 11 is 7.81. The van der Waals surface area contributed by atoms with E-state index >= 15 is 0 Å². The number of piperazine rings is 1. The minimum absolute atomic E-state index is 0.154. The van der Waals surface area contributed by atoms with Crippen LogP contribution in [-0.2, 0) is 14.8 Å². The average molecular weight is 469 g/mol. The van der Waals surface area contributed by atoms with E-state index in [-0.39, 0.29) is 10.8 Å². The lowest BCUT2D eigenvalue weighted by molar-refractivity contribution is -0.133. The summed E-state index contributed by atoms with van der Waals surface area (Å²) in [5.41, 5.74) is 0. The van der Waals surface area contributed by atoms with Crippen LogP contribution in [0.2, 0.25) is 5.02 Å². The second kappa shape index (κ2) is 10.5. The van der Waals surface area contributed by atoms with E-state index in [0.717, 1.165) is 0 Å². The molecule has 1 fully saturated rings. The number of carbonyl (C=O) groups excluding carboxylic acids is 1. The molecule has 1 aliphatic rings. The first kappa shape index (κ1) is 22.9. The maximum Gasteiger partial charge on any atom is 0.241 e. The van der Waals surface area contributed by atoms with Crippen molar-refractivity contribution in [3.8, 4) is 0 Å². The van der Waals surface area contributed by atoms with Crippen LogP contribution in [0.3, 0.4) is 0 Å². The monoisotopic (exact) mass is 468 g/mol. The molecular formula is C20H25ClN4O3S2. The zero-order chi connectivity index (χ0) is 21.6. The zero-order valence-electron chi connectivity index (χ0n) is 16.7. The molecule has 162 valence electrons. The molecule has 1 unspecified atom stereocenters. The van der Waals surface area contributed by atoms with Crippen molar-refractivity contribution in [3.63, 3.8) is 0 Å². The number of aromatic nitrogens is 1. The summed E-state index contributed by atoms with van der Waals surface area (Å²) in [6, 6.07) is 10.9. The molecule has 1 saturated heterocycles. The van der Waals surface area contributed by atoms with E-state index in [1.807, 2.05) is 11.2 Å². The minimum Gasteiger partial charge on any atom is -0.352 e. The Hall–Kier alpha value is -1.81. The van der Waals surface area contributed by atoms with Gasteiger partial charge in [0.2, 0.25) is 15.9 Å². The number of sulfonamides is 1. The zero-order valence-corrected chi connectivity index (χ0v) is 19.1. The maximum atomic E-state index is 13.2. The van der Waals surface area contributed by atoms with Crippen LogP contribution in [0.25, 0.3) is 0 Å². The average Bonchev–Trinajstić information content (AvgIpc) is 2.77. The number of nitrogens with zero attached hydrogens (tertiary/aromatic N) is 3. The molecule has 0 spiro atoms. The van der Waals surface area contributed by atoms with Gasteiger partial charge >= 0.3 is 0 Å². The highest BCUT2D eigenvalue weighted by Crippen LogP contribution is 2.23. The number of hydrogen-bond donors (Lipinski definition) is 1. The van der Waals surface area contributed by atoms with Gasteiger partial charge in [-0.1, -0.05) is 29.8 Å². The van der Waals surface area contributed by atoms with E-state index in [0.29, 0.717) is 49.2 Å².